The summed E-state index contributed by atoms with van der Waals surface area (Å²) in [6.07, 6.45) is 0.576. The monoisotopic (exact) mass is 474 g/mol. The number of carboxylic acids is 1. The van der Waals surface area contributed by atoms with Crippen molar-refractivity contribution in [2.45, 2.75) is 31.3 Å². The van der Waals surface area contributed by atoms with Gasteiger partial charge in [-0.25, -0.2) is 4.79 Å². The molecule has 3 aromatic rings. The minimum absolute atomic E-state index is 0.0619. The minimum Gasteiger partial charge on any atom is -0.508 e. The molecule has 35 heavy (non-hydrogen) atoms. The number of phenolic OH excluding ortho intramolecular Hbond substituents is 1. The first-order valence-electron chi connectivity index (χ1n) is 11.4. The summed E-state index contributed by atoms with van der Waals surface area (Å²) in [4.78, 5) is 27.9. The number of aromatic hydroxyl groups is 1. The molecule has 0 spiro atoms. The normalized spacial score (nSPS) is 11.6. The van der Waals surface area contributed by atoms with Gasteiger partial charge < -0.3 is 26.2 Å². The number of guanidine groups is 1. The highest BCUT2D eigenvalue weighted by atomic mass is 16.4. The number of nitrogens with one attached hydrogen (secondary N) is 2. The summed E-state index contributed by atoms with van der Waals surface area (Å²) in [5.74, 6) is -2.24. The zero-order valence-corrected chi connectivity index (χ0v) is 19.3. The van der Waals surface area contributed by atoms with Crippen LogP contribution in [-0.2, 0) is 16.1 Å². The van der Waals surface area contributed by atoms with E-state index in [1.165, 1.54) is 17.0 Å². The van der Waals surface area contributed by atoms with Crippen molar-refractivity contribution in [2.24, 2.45) is 5.73 Å². The summed E-state index contributed by atoms with van der Waals surface area (Å²) in [5, 5.41) is 29.8. The molecule has 0 saturated carbocycles. The molecule has 3 aromatic carbocycles. The molecule has 0 aliphatic rings. The van der Waals surface area contributed by atoms with Gasteiger partial charge in [0.25, 0.3) is 0 Å². The number of hydrogen-bond donors (Lipinski definition) is 5. The van der Waals surface area contributed by atoms with Crippen molar-refractivity contribution >= 4 is 17.8 Å². The van der Waals surface area contributed by atoms with Crippen LogP contribution in [0.2, 0.25) is 0 Å². The Morgan fingerprint density at radius 3 is 1.94 bits per heavy atom. The molecule has 0 saturated heterocycles. The molecule has 0 heterocycles. The second-order valence-electron chi connectivity index (χ2n) is 8.22. The summed E-state index contributed by atoms with van der Waals surface area (Å²) in [7, 11) is 0. The molecule has 3 rings (SSSR count). The van der Waals surface area contributed by atoms with Gasteiger partial charge in [0.1, 0.15) is 11.8 Å². The molecular weight excluding hydrogens is 444 g/mol. The molecule has 6 N–H and O–H groups in total. The van der Waals surface area contributed by atoms with Crippen LogP contribution in [0, 0.1) is 5.41 Å². The van der Waals surface area contributed by atoms with Crippen molar-refractivity contribution < 1.29 is 19.8 Å². The number of carboxylic acid groups (broad SMARTS) is 1. The van der Waals surface area contributed by atoms with Gasteiger partial charge in [-0.05, 0) is 41.7 Å². The number of hydrogen-bond acceptors (Lipinski definition) is 4. The Labute approximate surface area is 204 Å². The molecule has 1 atom stereocenters. The molecule has 0 aliphatic heterocycles. The second-order valence-corrected chi connectivity index (χ2v) is 8.22. The first-order chi connectivity index (χ1) is 16.9. The highest BCUT2D eigenvalue weighted by molar-refractivity contribution is 5.90. The largest absolute Gasteiger partial charge is 0.508 e. The number of nitrogens with two attached hydrogens (primary N) is 1. The van der Waals surface area contributed by atoms with E-state index in [1.807, 2.05) is 60.7 Å². The average Bonchev–Trinajstić information content (AvgIpc) is 2.85. The van der Waals surface area contributed by atoms with Gasteiger partial charge in [0.15, 0.2) is 5.96 Å². The Balaban J connectivity index is 2.00. The molecule has 182 valence electrons. The number of nitrogens with zero attached hydrogens (tertiary/aromatic N) is 1. The Hall–Kier alpha value is -4.33. The van der Waals surface area contributed by atoms with E-state index in [0.717, 1.165) is 11.1 Å². The topological polar surface area (TPSA) is 140 Å². The highest BCUT2D eigenvalue weighted by Gasteiger charge is 2.35. The van der Waals surface area contributed by atoms with Crippen LogP contribution in [0.1, 0.15) is 35.4 Å². The second kappa shape index (κ2) is 12.2. The quantitative estimate of drug-likeness (QED) is 0.164. The van der Waals surface area contributed by atoms with E-state index in [-0.39, 0.29) is 30.6 Å². The third-order valence-corrected chi connectivity index (χ3v) is 5.72. The Morgan fingerprint density at radius 1 is 0.914 bits per heavy atom. The van der Waals surface area contributed by atoms with Crippen molar-refractivity contribution in [3.8, 4) is 5.75 Å². The van der Waals surface area contributed by atoms with E-state index >= 15 is 0 Å². The summed E-state index contributed by atoms with van der Waals surface area (Å²) >= 11 is 0. The molecule has 0 radical (unpaired) electrons. The Kier molecular flexibility index (Phi) is 8.83. The summed E-state index contributed by atoms with van der Waals surface area (Å²) < 4.78 is 0. The van der Waals surface area contributed by atoms with Crippen LogP contribution in [0.4, 0.5) is 0 Å². The molecule has 8 heteroatoms. The fraction of sp³-hybridized carbons (Fsp3) is 0.222. The molecule has 0 unspecified atom stereocenters. The molecule has 1 amide bonds. The van der Waals surface area contributed by atoms with Gasteiger partial charge in [0.2, 0.25) is 5.91 Å². The molecular formula is C27H30N4O4. The van der Waals surface area contributed by atoms with Crippen LogP contribution in [0.25, 0.3) is 0 Å². The van der Waals surface area contributed by atoms with Crippen molar-refractivity contribution in [2.75, 3.05) is 6.54 Å². The van der Waals surface area contributed by atoms with E-state index in [0.29, 0.717) is 18.5 Å². The van der Waals surface area contributed by atoms with Gasteiger partial charge >= 0.3 is 5.97 Å². The highest BCUT2D eigenvalue weighted by Crippen LogP contribution is 2.29. The summed E-state index contributed by atoms with van der Waals surface area (Å²) in [5.41, 5.74) is 7.56. The van der Waals surface area contributed by atoms with Crippen LogP contribution in [0.5, 0.6) is 5.75 Å². The van der Waals surface area contributed by atoms with Crippen molar-refractivity contribution in [3.05, 3.63) is 102 Å². The van der Waals surface area contributed by atoms with Crippen LogP contribution >= 0.6 is 0 Å². The number of phenols is 1. The van der Waals surface area contributed by atoms with Gasteiger partial charge in [-0.3, -0.25) is 10.2 Å². The smallest absolute Gasteiger partial charge is 0.326 e. The lowest BCUT2D eigenvalue weighted by atomic mass is 9.89. The maximum Gasteiger partial charge on any atom is 0.326 e. The predicted molar refractivity (Wildman–Crippen MR) is 134 cm³/mol. The van der Waals surface area contributed by atoms with Crippen molar-refractivity contribution in [1.82, 2.24) is 10.2 Å². The molecule has 0 bridgehead atoms. The molecule has 0 fully saturated rings. The standard InChI is InChI=1S/C27H30N4O4/c28-27(29)30-17-7-12-23(26(34)35)31(18-19-13-15-22(32)16-14-19)25(33)24(20-8-3-1-4-9-20)21-10-5-2-6-11-21/h1-6,8-11,13-16,23-24,32H,7,12,17-18H2,(H,34,35)(H4,28,29,30)/t23-/m1/s1. The zero-order valence-electron chi connectivity index (χ0n) is 19.3. The number of benzene rings is 3. The van der Waals surface area contributed by atoms with Crippen LogP contribution in [0.3, 0.4) is 0 Å². The van der Waals surface area contributed by atoms with Crippen LogP contribution in [0.15, 0.2) is 84.9 Å². The predicted octanol–water partition coefficient (Wildman–Crippen LogP) is 3.27. The average molecular weight is 475 g/mol. The zero-order chi connectivity index (χ0) is 25.2. The number of carbonyl (C=O) groups is 2. The molecule has 0 aromatic heterocycles. The third kappa shape index (κ3) is 7.07. The first-order valence-corrected chi connectivity index (χ1v) is 11.4. The van der Waals surface area contributed by atoms with Crippen LogP contribution < -0.4 is 11.1 Å². The Bertz CT molecular complexity index is 1080. The number of rotatable bonds is 11. The summed E-state index contributed by atoms with van der Waals surface area (Å²) in [6, 6.07) is 23.9. The van der Waals surface area contributed by atoms with Gasteiger partial charge in [-0.1, -0.05) is 72.8 Å². The SMILES string of the molecule is N=C(N)NCCC[C@H](C(=O)O)N(Cc1ccc(O)cc1)C(=O)C(c1ccccc1)c1ccccc1. The third-order valence-electron chi connectivity index (χ3n) is 5.72. The van der Waals surface area contributed by atoms with Gasteiger partial charge in [-0.15, -0.1) is 0 Å². The van der Waals surface area contributed by atoms with Gasteiger partial charge in [0, 0.05) is 13.1 Å². The fourth-order valence-corrected chi connectivity index (χ4v) is 4.01. The van der Waals surface area contributed by atoms with Gasteiger partial charge in [-0.2, -0.15) is 0 Å². The van der Waals surface area contributed by atoms with Crippen molar-refractivity contribution in [1.29, 1.82) is 5.41 Å². The lowest BCUT2D eigenvalue weighted by molar-refractivity contribution is -0.151. The minimum atomic E-state index is -1.11. The number of amides is 1. The maximum absolute atomic E-state index is 14.1. The van der Waals surface area contributed by atoms with Crippen LogP contribution in [-0.4, -0.2) is 45.5 Å². The van der Waals surface area contributed by atoms with E-state index in [2.05, 4.69) is 5.32 Å². The van der Waals surface area contributed by atoms with E-state index in [1.54, 1.807) is 12.1 Å². The maximum atomic E-state index is 14.1. The van der Waals surface area contributed by atoms with Gasteiger partial charge in [0.05, 0.1) is 5.92 Å². The summed E-state index contributed by atoms with van der Waals surface area (Å²) in [6.45, 7) is 0.382. The molecule has 8 nitrogen and oxygen atoms in total. The lowest BCUT2D eigenvalue weighted by Gasteiger charge is -2.33. The molecule has 0 aliphatic carbocycles. The Morgan fingerprint density at radius 2 is 1.46 bits per heavy atom. The fourth-order valence-electron chi connectivity index (χ4n) is 4.01. The number of carbonyl (C=O) groups excluding carboxylic acids is 1. The van der Waals surface area contributed by atoms with E-state index in [9.17, 15) is 19.8 Å². The van der Waals surface area contributed by atoms with Crippen molar-refractivity contribution in [3.63, 3.8) is 0 Å². The van der Waals surface area contributed by atoms with E-state index < -0.39 is 17.9 Å². The number of aliphatic carboxylic acids is 1. The lowest BCUT2D eigenvalue weighted by Crippen LogP contribution is -2.47. The van der Waals surface area contributed by atoms with E-state index in [4.69, 9.17) is 11.1 Å². The first kappa shape index (κ1) is 25.3.